The molecule has 0 aliphatic rings. The number of ether oxygens (including phenoxy) is 3. The first kappa shape index (κ1) is 29.1. The van der Waals surface area contributed by atoms with Crippen LogP contribution in [0.15, 0.2) is 84.9 Å². The van der Waals surface area contributed by atoms with Crippen LogP contribution in [-0.2, 0) is 29.2 Å². The highest BCUT2D eigenvalue weighted by atomic mass is 19.2. The molecule has 41 heavy (non-hydrogen) atoms. The van der Waals surface area contributed by atoms with E-state index < -0.39 is 52.9 Å². The Kier molecular flexibility index (Phi) is 9.51. The van der Waals surface area contributed by atoms with Crippen LogP contribution >= 0.6 is 0 Å². The van der Waals surface area contributed by atoms with Crippen molar-refractivity contribution in [3.63, 3.8) is 0 Å². The van der Waals surface area contributed by atoms with E-state index in [4.69, 9.17) is 9.47 Å². The Hall–Kier alpha value is -4.93. The van der Waals surface area contributed by atoms with Crippen molar-refractivity contribution in [3.05, 3.63) is 131 Å². The van der Waals surface area contributed by atoms with Crippen LogP contribution in [0.2, 0.25) is 0 Å². The van der Waals surface area contributed by atoms with Gasteiger partial charge in [0.05, 0.1) is 0 Å². The Labute approximate surface area is 231 Å². The summed E-state index contributed by atoms with van der Waals surface area (Å²) < 4.78 is 84.3. The van der Waals surface area contributed by atoms with Crippen molar-refractivity contribution in [2.45, 2.75) is 25.7 Å². The molecule has 212 valence electrons. The fraction of sp³-hybridized carbons (Fsp3) is 0.133. The predicted molar refractivity (Wildman–Crippen MR) is 136 cm³/mol. The normalized spacial score (nSPS) is 11.4. The highest BCUT2D eigenvalue weighted by Crippen LogP contribution is 2.29. The number of carbonyl (C=O) groups excluding carboxylic acids is 2. The van der Waals surface area contributed by atoms with Crippen LogP contribution in [0.5, 0.6) is 11.5 Å². The van der Waals surface area contributed by atoms with E-state index in [1.807, 2.05) is 30.3 Å². The topological polar surface area (TPSA) is 73.9 Å². The van der Waals surface area contributed by atoms with E-state index in [0.717, 1.165) is 5.56 Å². The van der Waals surface area contributed by atoms with Crippen LogP contribution in [-0.4, -0.2) is 18.1 Å². The van der Waals surface area contributed by atoms with E-state index in [1.165, 1.54) is 0 Å². The Morgan fingerprint density at radius 2 is 1.15 bits per heavy atom. The number of benzene rings is 4. The molecule has 0 saturated carbocycles. The van der Waals surface area contributed by atoms with Gasteiger partial charge in [0.25, 0.3) is 0 Å². The minimum Gasteiger partial charge on any atom is -0.489 e. The van der Waals surface area contributed by atoms with Gasteiger partial charge < -0.3 is 19.5 Å². The lowest BCUT2D eigenvalue weighted by Gasteiger charge is -2.18. The maximum Gasteiger partial charge on any atom is 0.408 e. The molecule has 0 radical (unpaired) electrons. The van der Waals surface area contributed by atoms with Gasteiger partial charge in [-0.3, -0.25) is 0 Å². The molecule has 4 rings (SSSR count). The maximum atomic E-state index is 14.1. The van der Waals surface area contributed by atoms with E-state index in [1.54, 1.807) is 54.6 Å². The number of esters is 1. The van der Waals surface area contributed by atoms with Crippen molar-refractivity contribution in [2.75, 3.05) is 0 Å². The lowest BCUT2D eigenvalue weighted by molar-refractivity contribution is -0.137. The lowest BCUT2D eigenvalue weighted by Crippen LogP contribution is -2.45. The number of hydrogen-bond acceptors (Lipinski definition) is 5. The molecule has 1 amide bonds. The van der Waals surface area contributed by atoms with Crippen LogP contribution in [0.3, 0.4) is 0 Å². The molecule has 6 nitrogen and oxygen atoms in total. The predicted octanol–water partition coefficient (Wildman–Crippen LogP) is 6.40. The van der Waals surface area contributed by atoms with Crippen molar-refractivity contribution in [1.82, 2.24) is 5.32 Å². The molecule has 0 unspecified atom stereocenters. The largest absolute Gasteiger partial charge is 0.489 e. The first-order chi connectivity index (χ1) is 19.7. The van der Waals surface area contributed by atoms with Gasteiger partial charge in [0, 0.05) is 6.42 Å². The van der Waals surface area contributed by atoms with E-state index in [0.29, 0.717) is 23.5 Å². The van der Waals surface area contributed by atoms with Crippen molar-refractivity contribution < 1.29 is 45.8 Å². The van der Waals surface area contributed by atoms with Gasteiger partial charge in [0.15, 0.2) is 0 Å². The minimum atomic E-state index is -2.41. The zero-order chi connectivity index (χ0) is 29.4. The molecule has 1 atom stereocenters. The molecule has 0 aliphatic heterocycles. The summed E-state index contributed by atoms with van der Waals surface area (Å²) in [4.78, 5) is 25.3. The summed E-state index contributed by atoms with van der Waals surface area (Å²) in [6.45, 7) is 0.130. The van der Waals surface area contributed by atoms with E-state index in [-0.39, 0.29) is 13.0 Å². The standard InChI is InChI=1S/C30H22F5NO5/c31-23-24(32)26(34)28(27(35)25(23)33)41-29(37)22(36-30(38)40-17-20-9-5-2-6-10-20)15-18-11-13-21(14-12-18)39-16-19-7-3-1-4-8-19/h1-14,22H,15-17H2,(H,36,38)/t22-/m0/s1. The monoisotopic (exact) mass is 571 g/mol. The van der Waals surface area contributed by atoms with Gasteiger partial charge in [0.2, 0.25) is 34.8 Å². The van der Waals surface area contributed by atoms with Crippen molar-refractivity contribution >= 4 is 12.1 Å². The molecule has 0 spiro atoms. The third kappa shape index (κ3) is 7.59. The van der Waals surface area contributed by atoms with Gasteiger partial charge >= 0.3 is 12.1 Å². The zero-order valence-corrected chi connectivity index (χ0v) is 21.2. The average molecular weight is 571 g/mol. The number of rotatable bonds is 10. The number of hydrogen-bond donors (Lipinski definition) is 1. The number of carbonyl (C=O) groups is 2. The Balaban J connectivity index is 1.49. The molecule has 0 bridgehead atoms. The Bertz CT molecular complexity index is 1470. The van der Waals surface area contributed by atoms with Crippen LogP contribution < -0.4 is 14.8 Å². The van der Waals surface area contributed by atoms with Gasteiger partial charge in [-0.15, -0.1) is 0 Å². The smallest absolute Gasteiger partial charge is 0.408 e. The lowest BCUT2D eigenvalue weighted by atomic mass is 10.1. The molecule has 0 aromatic heterocycles. The number of amides is 1. The van der Waals surface area contributed by atoms with Gasteiger partial charge in [-0.1, -0.05) is 72.8 Å². The average Bonchev–Trinajstić information content (AvgIpc) is 3.00. The fourth-order valence-corrected chi connectivity index (χ4v) is 3.64. The molecular weight excluding hydrogens is 549 g/mol. The second kappa shape index (κ2) is 13.4. The molecule has 0 aliphatic carbocycles. The second-order valence-electron chi connectivity index (χ2n) is 8.70. The zero-order valence-electron chi connectivity index (χ0n) is 21.2. The van der Waals surface area contributed by atoms with Crippen molar-refractivity contribution in [1.29, 1.82) is 0 Å². The maximum absolute atomic E-state index is 14.1. The summed E-state index contributed by atoms with van der Waals surface area (Å²) in [6, 6.07) is 22.6. The van der Waals surface area contributed by atoms with Gasteiger partial charge in [-0.05, 0) is 28.8 Å². The first-order valence-electron chi connectivity index (χ1n) is 12.2. The quantitative estimate of drug-likeness (QED) is 0.0784. The number of nitrogens with one attached hydrogen (secondary N) is 1. The van der Waals surface area contributed by atoms with Crippen LogP contribution in [0.25, 0.3) is 0 Å². The Morgan fingerprint density at radius 1 is 0.634 bits per heavy atom. The van der Waals surface area contributed by atoms with E-state index in [2.05, 4.69) is 10.1 Å². The summed E-state index contributed by atoms with van der Waals surface area (Å²) in [7, 11) is 0. The molecular formula is C30H22F5NO5. The molecule has 0 heterocycles. The third-order valence-corrected chi connectivity index (χ3v) is 5.77. The molecule has 4 aromatic rings. The summed E-state index contributed by atoms with van der Waals surface area (Å²) in [5.41, 5.74) is 2.01. The van der Waals surface area contributed by atoms with Gasteiger partial charge in [-0.2, -0.15) is 8.78 Å². The van der Waals surface area contributed by atoms with Gasteiger partial charge in [-0.25, -0.2) is 22.8 Å². The van der Waals surface area contributed by atoms with Crippen molar-refractivity contribution in [3.8, 4) is 11.5 Å². The van der Waals surface area contributed by atoms with Crippen LogP contribution in [0, 0.1) is 29.1 Å². The van der Waals surface area contributed by atoms with Crippen molar-refractivity contribution in [2.24, 2.45) is 0 Å². The first-order valence-corrected chi connectivity index (χ1v) is 12.2. The second-order valence-corrected chi connectivity index (χ2v) is 8.70. The van der Waals surface area contributed by atoms with Gasteiger partial charge in [0.1, 0.15) is 25.0 Å². The summed E-state index contributed by atoms with van der Waals surface area (Å²) in [5.74, 6) is -14.4. The van der Waals surface area contributed by atoms with E-state index in [9.17, 15) is 31.5 Å². The van der Waals surface area contributed by atoms with Crippen LogP contribution in [0.4, 0.5) is 26.7 Å². The molecule has 0 fully saturated rings. The number of alkyl carbamates (subject to hydrolysis) is 1. The minimum absolute atomic E-state index is 0.167. The molecule has 4 aromatic carbocycles. The highest BCUT2D eigenvalue weighted by Gasteiger charge is 2.31. The SMILES string of the molecule is O=C(N[C@@H](Cc1ccc(OCc2ccccc2)cc1)C(=O)Oc1c(F)c(F)c(F)c(F)c1F)OCc1ccccc1. The fourth-order valence-electron chi connectivity index (χ4n) is 3.64. The molecule has 1 N–H and O–H groups in total. The highest BCUT2D eigenvalue weighted by molar-refractivity contribution is 5.83. The van der Waals surface area contributed by atoms with E-state index >= 15 is 0 Å². The third-order valence-electron chi connectivity index (χ3n) is 5.77. The summed E-state index contributed by atoms with van der Waals surface area (Å²) in [6.07, 6.45) is -1.37. The van der Waals surface area contributed by atoms with Crippen LogP contribution in [0.1, 0.15) is 16.7 Å². The summed E-state index contributed by atoms with van der Waals surface area (Å²) in [5, 5.41) is 2.22. The Morgan fingerprint density at radius 3 is 1.71 bits per heavy atom. The number of halogens is 5. The molecule has 0 saturated heterocycles. The summed E-state index contributed by atoms with van der Waals surface area (Å²) >= 11 is 0. The molecule has 11 heteroatoms.